The molecule has 0 bridgehead atoms. The van der Waals surface area contributed by atoms with Crippen LogP contribution in [0.25, 0.3) is 0 Å². The SMILES string of the molecule is CN1CCN(C2CCN(c3ccc(N)c(OC(F)F)c3)CC2)CC1. The van der Waals surface area contributed by atoms with E-state index in [4.69, 9.17) is 5.73 Å². The van der Waals surface area contributed by atoms with Crippen LogP contribution in [0.3, 0.4) is 0 Å². The Bertz CT molecular complexity index is 541. The molecule has 0 aromatic heterocycles. The summed E-state index contributed by atoms with van der Waals surface area (Å²) in [5.74, 6) is 0.0590. The van der Waals surface area contributed by atoms with E-state index < -0.39 is 6.61 Å². The molecule has 5 nitrogen and oxygen atoms in total. The number of rotatable bonds is 4. The van der Waals surface area contributed by atoms with Gasteiger partial charge < -0.3 is 20.3 Å². The lowest BCUT2D eigenvalue weighted by atomic mass is 10.0. The normalized spacial score (nSPS) is 21.4. The van der Waals surface area contributed by atoms with E-state index in [1.165, 1.54) is 0 Å². The van der Waals surface area contributed by atoms with Crippen molar-refractivity contribution in [2.75, 3.05) is 56.9 Å². The van der Waals surface area contributed by atoms with Crippen LogP contribution in [0.5, 0.6) is 5.75 Å². The van der Waals surface area contributed by atoms with E-state index in [-0.39, 0.29) is 11.4 Å². The van der Waals surface area contributed by atoms with Crippen LogP contribution >= 0.6 is 0 Å². The number of piperazine rings is 1. The Hall–Kier alpha value is -1.60. The maximum Gasteiger partial charge on any atom is 0.387 e. The zero-order valence-electron chi connectivity index (χ0n) is 14.1. The number of hydrogen-bond acceptors (Lipinski definition) is 5. The van der Waals surface area contributed by atoms with Crippen molar-refractivity contribution >= 4 is 11.4 Å². The Balaban J connectivity index is 1.58. The lowest BCUT2D eigenvalue weighted by Crippen LogP contribution is -2.52. The molecule has 0 spiro atoms. The number of nitrogens with zero attached hydrogens (tertiary/aromatic N) is 3. The summed E-state index contributed by atoms with van der Waals surface area (Å²) in [6, 6.07) is 5.77. The third kappa shape index (κ3) is 4.08. The van der Waals surface area contributed by atoms with E-state index in [9.17, 15) is 8.78 Å². The van der Waals surface area contributed by atoms with Gasteiger partial charge in [0.25, 0.3) is 0 Å². The number of benzene rings is 1. The molecule has 2 aliphatic heterocycles. The summed E-state index contributed by atoms with van der Waals surface area (Å²) in [5.41, 5.74) is 6.85. The van der Waals surface area contributed by atoms with E-state index >= 15 is 0 Å². The highest BCUT2D eigenvalue weighted by molar-refractivity contribution is 5.62. The van der Waals surface area contributed by atoms with E-state index in [1.54, 1.807) is 12.1 Å². The van der Waals surface area contributed by atoms with Gasteiger partial charge in [-0.3, -0.25) is 4.90 Å². The smallest absolute Gasteiger partial charge is 0.387 e. The lowest BCUT2D eigenvalue weighted by molar-refractivity contribution is -0.0493. The Morgan fingerprint density at radius 1 is 1.08 bits per heavy atom. The molecule has 0 saturated carbocycles. The molecule has 134 valence electrons. The molecule has 0 amide bonds. The lowest BCUT2D eigenvalue weighted by Gasteiger charge is -2.42. The highest BCUT2D eigenvalue weighted by Crippen LogP contribution is 2.31. The van der Waals surface area contributed by atoms with Crippen LogP contribution in [0.15, 0.2) is 18.2 Å². The third-order valence-electron chi connectivity index (χ3n) is 5.10. The van der Waals surface area contributed by atoms with Gasteiger partial charge in [-0.1, -0.05) is 0 Å². The van der Waals surface area contributed by atoms with Gasteiger partial charge in [-0.05, 0) is 32.0 Å². The molecule has 3 rings (SSSR count). The van der Waals surface area contributed by atoms with Gasteiger partial charge in [-0.15, -0.1) is 0 Å². The molecule has 2 N–H and O–H groups in total. The number of nitrogen functional groups attached to an aromatic ring is 1. The topological polar surface area (TPSA) is 45.0 Å². The molecule has 2 heterocycles. The molecule has 0 aliphatic carbocycles. The Labute approximate surface area is 141 Å². The van der Waals surface area contributed by atoms with E-state index in [1.807, 2.05) is 6.07 Å². The molecule has 7 heteroatoms. The second kappa shape index (κ2) is 7.53. The summed E-state index contributed by atoms with van der Waals surface area (Å²) in [6.45, 7) is 3.53. The van der Waals surface area contributed by atoms with Crippen LogP contribution < -0.4 is 15.4 Å². The number of hydrogen-bond donors (Lipinski definition) is 1. The van der Waals surface area contributed by atoms with Crippen molar-refractivity contribution in [3.8, 4) is 5.75 Å². The standard InChI is InChI=1S/C17H26F2N4O/c1-21-8-10-23(11-9-21)13-4-6-22(7-5-13)14-2-3-15(20)16(12-14)24-17(18)19/h2-3,12-13,17H,4-11,20H2,1H3. The molecule has 2 saturated heterocycles. The zero-order valence-corrected chi connectivity index (χ0v) is 14.1. The first-order valence-electron chi connectivity index (χ1n) is 8.55. The van der Waals surface area contributed by atoms with E-state index in [0.717, 1.165) is 57.8 Å². The number of nitrogens with two attached hydrogens (primary N) is 1. The number of anilines is 2. The van der Waals surface area contributed by atoms with Crippen molar-refractivity contribution in [3.63, 3.8) is 0 Å². The van der Waals surface area contributed by atoms with Crippen LogP contribution in [0.2, 0.25) is 0 Å². The fraction of sp³-hybridized carbons (Fsp3) is 0.647. The van der Waals surface area contributed by atoms with Gasteiger partial charge in [-0.2, -0.15) is 8.78 Å². The quantitative estimate of drug-likeness (QED) is 0.851. The molecule has 2 fully saturated rings. The fourth-order valence-electron chi connectivity index (χ4n) is 3.59. The summed E-state index contributed by atoms with van der Waals surface area (Å²) in [6.07, 6.45) is 2.19. The average molecular weight is 340 g/mol. The van der Waals surface area contributed by atoms with E-state index in [0.29, 0.717) is 6.04 Å². The average Bonchev–Trinajstić information content (AvgIpc) is 2.57. The van der Waals surface area contributed by atoms with Crippen molar-refractivity contribution in [3.05, 3.63) is 18.2 Å². The van der Waals surface area contributed by atoms with Crippen molar-refractivity contribution in [2.24, 2.45) is 0 Å². The molecule has 0 unspecified atom stereocenters. The van der Waals surface area contributed by atoms with Crippen molar-refractivity contribution in [1.82, 2.24) is 9.80 Å². The summed E-state index contributed by atoms with van der Waals surface area (Å²) >= 11 is 0. The van der Waals surface area contributed by atoms with Crippen LogP contribution in [0.1, 0.15) is 12.8 Å². The van der Waals surface area contributed by atoms with Crippen LogP contribution in [0, 0.1) is 0 Å². The van der Waals surface area contributed by atoms with Gasteiger partial charge in [-0.25, -0.2) is 0 Å². The second-order valence-electron chi connectivity index (χ2n) is 6.66. The first-order valence-corrected chi connectivity index (χ1v) is 8.55. The number of ether oxygens (including phenoxy) is 1. The maximum atomic E-state index is 12.5. The van der Waals surface area contributed by atoms with E-state index in [2.05, 4.69) is 26.5 Å². The molecule has 24 heavy (non-hydrogen) atoms. The summed E-state index contributed by atoms with van der Waals surface area (Å²) in [5, 5.41) is 0. The van der Waals surface area contributed by atoms with Crippen molar-refractivity contribution < 1.29 is 13.5 Å². The molecule has 0 atom stereocenters. The summed E-state index contributed by atoms with van der Waals surface area (Å²) in [4.78, 5) is 7.18. The fourth-order valence-corrected chi connectivity index (χ4v) is 3.59. The predicted octanol–water partition coefficient (Wildman–Crippen LogP) is 2.09. The van der Waals surface area contributed by atoms with Crippen molar-refractivity contribution in [1.29, 1.82) is 0 Å². The van der Waals surface area contributed by atoms with Crippen LogP contribution in [-0.4, -0.2) is 68.8 Å². The third-order valence-corrected chi connectivity index (χ3v) is 5.10. The minimum atomic E-state index is -2.86. The van der Waals surface area contributed by atoms with Gasteiger partial charge in [0.1, 0.15) is 0 Å². The Morgan fingerprint density at radius 3 is 2.38 bits per heavy atom. The first-order chi connectivity index (χ1) is 11.5. The minimum Gasteiger partial charge on any atom is -0.433 e. The highest BCUT2D eigenvalue weighted by atomic mass is 19.3. The zero-order chi connectivity index (χ0) is 17.1. The van der Waals surface area contributed by atoms with Gasteiger partial charge in [0.05, 0.1) is 5.69 Å². The van der Waals surface area contributed by atoms with Gasteiger partial charge >= 0.3 is 6.61 Å². The Morgan fingerprint density at radius 2 is 1.75 bits per heavy atom. The number of likely N-dealkylation sites (N-methyl/N-ethyl adjacent to an activating group) is 1. The maximum absolute atomic E-state index is 12.5. The molecular formula is C17H26F2N4O. The van der Waals surface area contributed by atoms with Crippen molar-refractivity contribution in [2.45, 2.75) is 25.5 Å². The first kappa shape index (κ1) is 17.2. The largest absolute Gasteiger partial charge is 0.433 e. The number of halogens is 2. The predicted molar refractivity (Wildman–Crippen MR) is 91.8 cm³/mol. The van der Waals surface area contributed by atoms with Gasteiger partial charge in [0, 0.05) is 57.1 Å². The van der Waals surface area contributed by atoms with Crippen LogP contribution in [0.4, 0.5) is 20.2 Å². The van der Waals surface area contributed by atoms with Gasteiger partial charge in [0.2, 0.25) is 0 Å². The molecule has 0 radical (unpaired) electrons. The monoisotopic (exact) mass is 340 g/mol. The second-order valence-corrected chi connectivity index (χ2v) is 6.66. The number of piperidine rings is 1. The Kier molecular flexibility index (Phi) is 5.40. The molecule has 1 aromatic rings. The summed E-state index contributed by atoms with van der Waals surface area (Å²) < 4.78 is 29.4. The van der Waals surface area contributed by atoms with Crippen LogP contribution in [-0.2, 0) is 0 Å². The molecule has 2 aliphatic rings. The summed E-state index contributed by atoms with van der Waals surface area (Å²) in [7, 11) is 2.17. The van der Waals surface area contributed by atoms with Gasteiger partial charge in [0.15, 0.2) is 5.75 Å². The molecule has 1 aromatic carbocycles. The molecular weight excluding hydrogens is 314 g/mol. The highest BCUT2D eigenvalue weighted by Gasteiger charge is 2.27. The number of alkyl halides is 2. The minimum absolute atomic E-state index is 0.0590.